The lowest BCUT2D eigenvalue weighted by Crippen LogP contribution is -2.42. The Kier molecular flexibility index (Phi) is 5.34. The molecule has 1 aromatic rings. The molecule has 1 rings (SSSR count). The summed E-state index contributed by atoms with van der Waals surface area (Å²) >= 11 is 0. The second kappa shape index (κ2) is 6.36. The second-order valence-corrected chi connectivity index (χ2v) is 6.56. The molecule has 5 nitrogen and oxygen atoms in total. The van der Waals surface area contributed by atoms with E-state index >= 15 is 0 Å². The molecular formula is C13H22N2O3S. The molecule has 0 atom stereocenters. The summed E-state index contributed by atoms with van der Waals surface area (Å²) in [6.45, 7) is 3.70. The molecule has 0 aliphatic carbocycles. The van der Waals surface area contributed by atoms with Crippen LogP contribution in [0.5, 0.6) is 0 Å². The van der Waals surface area contributed by atoms with Crippen molar-refractivity contribution in [3.05, 3.63) is 29.8 Å². The zero-order valence-electron chi connectivity index (χ0n) is 11.4. The van der Waals surface area contributed by atoms with Crippen LogP contribution >= 0.6 is 0 Å². The van der Waals surface area contributed by atoms with E-state index in [0.29, 0.717) is 24.1 Å². The number of aliphatic hydroxyl groups is 1. The van der Waals surface area contributed by atoms with E-state index in [9.17, 15) is 13.5 Å². The molecule has 6 heteroatoms. The van der Waals surface area contributed by atoms with Crippen molar-refractivity contribution >= 4 is 15.7 Å². The molecule has 0 saturated carbocycles. The number of anilines is 1. The normalized spacial score (nSPS) is 12.6. The van der Waals surface area contributed by atoms with E-state index in [2.05, 4.69) is 4.72 Å². The molecule has 19 heavy (non-hydrogen) atoms. The number of benzene rings is 1. The van der Waals surface area contributed by atoms with Crippen molar-refractivity contribution in [1.82, 2.24) is 4.72 Å². The van der Waals surface area contributed by atoms with Gasteiger partial charge >= 0.3 is 0 Å². The zero-order valence-corrected chi connectivity index (χ0v) is 12.2. The standard InChI is InChI=1S/C13H22N2O3S/c1-3-13(16,4-2)10-15-19(17,18)9-11-5-7-12(14)8-6-11/h5-8,15-16H,3-4,9-10,14H2,1-2H3. The highest BCUT2D eigenvalue weighted by Crippen LogP contribution is 2.14. The highest BCUT2D eigenvalue weighted by molar-refractivity contribution is 7.88. The van der Waals surface area contributed by atoms with E-state index in [4.69, 9.17) is 5.73 Å². The molecule has 0 aliphatic rings. The smallest absolute Gasteiger partial charge is 0.215 e. The van der Waals surface area contributed by atoms with Gasteiger partial charge in [-0.15, -0.1) is 0 Å². The van der Waals surface area contributed by atoms with Gasteiger partial charge in [0.25, 0.3) is 0 Å². The van der Waals surface area contributed by atoms with Crippen LogP contribution in [-0.2, 0) is 15.8 Å². The fourth-order valence-corrected chi connectivity index (χ4v) is 2.85. The molecule has 0 heterocycles. The molecule has 0 fully saturated rings. The van der Waals surface area contributed by atoms with Gasteiger partial charge in [0.15, 0.2) is 0 Å². The lowest BCUT2D eigenvalue weighted by Gasteiger charge is -2.25. The summed E-state index contributed by atoms with van der Waals surface area (Å²) in [7, 11) is -3.45. The monoisotopic (exact) mass is 286 g/mol. The minimum atomic E-state index is -3.45. The average Bonchev–Trinajstić information content (AvgIpc) is 2.39. The minimum Gasteiger partial charge on any atom is -0.399 e. The zero-order chi connectivity index (χ0) is 14.5. The van der Waals surface area contributed by atoms with Gasteiger partial charge in [-0.05, 0) is 30.5 Å². The maximum absolute atomic E-state index is 11.9. The maximum atomic E-state index is 11.9. The summed E-state index contributed by atoms with van der Waals surface area (Å²) in [5, 5.41) is 10.1. The molecule has 0 radical (unpaired) electrons. The van der Waals surface area contributed by atoms with Gasteiger partial charge in [0.2, 0.25) is 10.0 Å². The lowest BCUT2D eigenvalue weighted by molar-refractivity contribution is 0.0377. The third-order valence-electron chi connectivity index (χ3n) is 3.27. The Bertz CT molecular complexity index is 493. The Morgan fingerprint density at radius 3 is 2.21 bits per heavy atom. The van der Waals surface area contributed by atoms with Crippen LogP contribution in [0.15, 0.2) is 24.3 Å². The van der Waals surface area contributed by atoms with Crippen LogP contribution in [0.4, 0.5) is 5.69 Å². The van der Waals surface area contributed by atoms with Crippen LogP contribution < -0.4 is 10.5 Å². The summed E-state index contributed by atoms with van der Waals surface area (Å²) < 4.78 is 26.3. The van der Waals surface area contributed by atoms with Crippen LogP contribution in [0.1, 0.15) is 32.3 Å². The van der Waals surface area contributed by atoms with E-state index in [1.54, 1.807) is 24.3 Å². The quantitative estimate of drug-likeness (QED) is 0.657. The predicted molar refractivity (Wildman–Crippen MR) is 77.0 cm³/mol. The molecular weight excluding hydrogens is 264 g/mol. The number of hydrogen-bond acceptors (Lipinski definition) is 4. The molecule has 0 unspecified atom stereocenters. The number of sulfonamides is 1. The first-order chi connectivity index (χ1) is 8.80. The van der Waals surface area contributed by atoms with Crippen molar-refractivity contribution in [3.8, 4) is 0 Å². The van der Waals surface area contributed by atoms with E-state index in [0.717, 1.165) is 0 Å². The number of nitrogens with two attached hydrogens (primary N) is 1. The number of rotatable bonds is 7. The fraction of sp³-hybridized carbons (Fsp3) is 0.538. The van der Waals surface area contributed by atoms with Gasteiger partial charge in [-0.1, -0.05) is 26.0 Å². The van der Waals surface area contributed by atoms with Gasteiger partial charge in [0, 0.05) is 12.2 Å². The van der Waals surface area contributed by atoms with Crippen molar-refractivity contribution in [3.63, 3.8) is 0 Å². The van der Waals surface area contributed by atoms with E-state index in [1.807, 2.05) is 13.8 Å². The van der Waals surface area contributed by atoms with Crippen molar-refractivity contribution < 1.29 is 13.5 Å². The Morgan fingerprint density at radius 2 is 1.74 bits per heavy atom. The predicted octanol–water partition coefficient (Wildman–Crippen LogP) is 1.24. The topological polar surface area (TPSA) is 92.4 Å². The first kappa shape index (κ1) is 15.9. The van der Waals surface area contributed by atoms with Crippen molar-refractivity contribution in [2.45, 2.75) is 38.0 Å². The molecule has 0 aliphatic heterocycles. The van der Waals surface area contributed by atoms with Gasteiger partial charge in [-0.2, -0.15) is 0 Å². The third kappa shape index (κ3) is 5.18. The van der Waals surface area contributed by atoms with Gasteiger partial charge in [-0.3, -0.25) is 0 Å². The summed E-state index contributed by atoms with van der Waals surface area (Å²) in [4.78, 5) is 0. The summed E-state index contributed by atoms with van der Waals surface area (Å²) in [5.74, 6) is -0.114. The Labute approximate surface area is 114 Å². The van der Waals surface area contributed by atoms with E-state index in [-0.39, 0.29) is 12.3 Å². The Balaban J connectivity index is 2.64. The van der Waals surface area contributed by atoms with Gasteiger partial charge in [0.05, 0.1) is 11.4 Å². The molecule has 108 valence electrons. The molecule has 0 bridgehead atoms. The third-order valence-corrected chi connectivity index (χ3v) is 4.57. The first-order valence-corrected chi connectivity index (χ1v) is 7.99. The molecule has 0 aromatic heterocycles. The lowest BCUT2D eigenvalue weighted by atomic mass is 9.98. The van der Waals surface area contributed by atoms with Crippen LogP contribution in [0.2, 0.25) is 0 Å². The van der Waals surface area contributed by atoms with Gasteiger partial charge < -0.3 is 10.8 Å². The maximum Gasteiger partial charge on any atom is 0.215 e. The van der Waals surface area contributed by atoms with E-state index in [1.165, 1.54) is 0 Å². The van der Waals surface area contributed by atoms with Crippen molar-refractivity contribution in [2.75, 3.05) is 12.3 Å². The molecule has 0 amide bonds. The van der Waals surface area contributed by atoms with Crippen LogP contribution in [0.25, 0.3) is 0 Å². The first-order valence-electron chi connectivity index (χ1n) is 6.34. The SMILES string of the molecule is CCC(O)(CC)CNS(=O)(=O)Cc1ccc(N)cc1. The minimum absolute atomic E-state index is 0.0390. The molecule has 0 saturated heterocycles. The summed E-state index contributed by atoms with van der Waals surface area (Å²) in [6.07, 6.45) is 1.02. The highest BCUT2D eigenvalue weighted by Gasteiger charge is 2.24. The summed E-state index contributed by atoms with van der Waals surface area (Å²) in [5.41, 5.74) is 5.83. The number of nitrogens with one attached hydrogen (secondary N) is 1. The number of nitrogen functional groups attached to an aromatic ring is 1. The van der Waals surface area contributed by atoms with Gasteiger partial charge in [0.1, 0.15) is 0 Å². The largest absolute Gasteiger partial charge is 0.399 e. The second-order valence-electron chi connectivity index (χ2n) is 4.75. The highest BCUT2D eigenvalue weighted by atomic mass is 32.2. The molecule has 1 aromatic carbocycles. The van der Waals surface area contributed by atoms with Crippen LogP contribution in [0.3, 0.4) is 0 Å². The van der Waals surface area contributed by atoms with Crippen molar-refractivity contribution in [1.29, 1.82) is 0 Å². The molecule has 4 N–H and O–H groups in total. The van der Waals surface area contributed by atoms with E-state index < -0.39 is 15.6 Å². The number of hydrogen-bond donors (Lipinski definition) is 3. The van der Waals surface area contributed by atoms with Crippen molar-refractivity contribution in [2.24, 2.45) is 0 Å². The van der Waals surface area contributed by atoms with Gasteiger partial charge in [-0.25, -0.2) is 13.1 Å². The van der Waals surface area contributed by atoms with Crippen LogP contribution in [0, 0.1) is 0 Å². The Hall–Kier alpha value is -1.11. The average molecular weight is 286 g/mol. The Morgan fingerprint density at radius 1 is 1.21 bits per heavy atom. The van der Waals surface area contributed by atoms with Crippen LogP contribution in [-0.4, -0.2) is 25.7 Å². The fourth-order valence-electron chi connectivity index (χ4n) is 1.63. The molecule has 0 spiro atoms. The summed E-state index contributed by atoms with van der Waals surface area (Å²) in [6, 6.07) is 6.69.